The zero-order valence-electron chi connectivity index (χ0n) is 15.3. The first-order valence-corrected chi connectivity index (χ1v) is 9.66. The van der Waals surface area contributed by atoms with E-state index in [-0.39, 0.29) is 0 Å². The van der Waals surface area contributed by atoms with Crippen LogP contribution in [0.4, 0.5) is 0 Å². The summed E-state index contributed by atoms with van der Waals surface area (Å²) in [7, 11) is 0. The Hall–Kier alpha value is -3.10. The van der Waals surface area contributed by atoms with E-state index in [2.05, 4.69) is 95.4 Å². The monoisotopic (exact) mass is 351 g/mol. The van der Waals surface area contributed by atoms with Crippen LogP contribution in [-0.4, -0.2) is 11.5 Å². The first kappa shape index (κ1) is 16.1. The predicted octanol–water partition coefficient (Wildman–Crippen LogP) is 4.78. The van der Waals surface area contributed by atoms with Gasteiger partial charge in [-0.3, -0.25) is 0 Å². The largest absolute Gasteiger partial charge is 0.361 e. The van der Waals surface area contributed by atoms with Crippen LogP contribution in [0.1, 0.15) is 11.1 Å². The lowest BCUT2D eigenvalue weighted by molar-refractivity contribution is -0.669. The fourth-order valence-corrected chi connectivity index (χ4v) is 4.17. The molecule has 0 fully saturated rings. The molecule has 5 aromatic rings. The number of H-pyrrole nitrogens is 1. The van der Waals surface area contributed by atoms with Crippen molar-refractivity contribution in [3.63, 3.8) is 0 Å². The smallest absolute Gasteiger partial charge is 0.102 e. The highest BCUT2D eigenvalue weighted by molar-refractivity contribution is 6.02. The van der Waals surface area contributed by atoms with E-state index in [9.17, 15) is 0 Å². The molecule has 0 aliphatic rings. The Balaban J connectivity index is 1.39. The van der Waals surface area contributed by atoms with Crippen molar-refractivity contribution in [1.82, 2.24) is 4.98 Å². The summed E-state index contributed by atoms with van der Waals surface area (Å²) in [6.45, 7) is 2.09. The van der Waals surface area contributed by atoms with E-state index in [4.69, 9.17) is 0 Å². The van der Waals surface area contributed by atoms with E-state index >= 15 is 0 Å². The van der Waals surface area contributed by atoms with Gasteiger partial charge in [0.2, 0.25) is 0 Å². The highest BCUT2D eigenvalue weighted by Crippen LogP contribution is 2.27. The van der Waals surface area contributed by atoms with Crippen molar-refractivity contribution >= 4 is 32.4 Å². The van der Waals surface area contributed by atoms with Gasteiger partial charge in [-0.15, -0.1) is 0 Å². The van der Waals surface area contributed by atoms with Crippen LogP contribution in [-0.2, 0) is 13.0 Å². The van der Waals surface area contributed by atoms with Crippen molar-refractivity contribution in [3.8, 4) is 0 Å². The number of nitrogens with two attached hydrogens (primary N) is 1. The van der Waals surface area contributed by atoms with Gasteiger partial charge in [0.1, 0.15) is 6.54 Å². The Labute approximate surface area is 158 Å². The Bertz CT molecular complexity index is 1180. The molecular formula is C25H23N2+. The Morgan fingerprint density at radius 3 is 2.07 bits per heavy atom. The highest BCUT2D eigenvalue weighted by atomic mass is 14.8. The van der Waals surface area contributed by atoms with E-state index in [1.807, 2.05) is 0 Å². The van der Waals surface area contributed by atoms with Crippen molar-refractivity contribution in [2.75, 3.05) is 6.54 Å². The number of quaternary nitrogens is 1. The molecule has 0 aliphatic heterocycles. The van der Waals surface area contributed by atoms with E-state index < -0.39 is 0 Å². The predicted molar refractivity (Wildman–Crippen MR) is 114 cm³/mol. The van der Waals surface area contributed by atoms with Crippen LogP contribution in [0.25, 0.3) is 32.4 Å². The molecule has 0 bridgehead atoms. The topological polar surface area (TPSA) is 32.4 Å². The molecule has 2 heteroatoms. The molecular weight excluding hydrogens is 328 g/mol. The number of nitrogens with one attached hydrogen (secondary N) is 1. The Kier molecular flexibility index (Phi) is 4.11. The van der Waals surface area contributed by atoms with E-state index in [0.29, 0.717) is 0 Å². The molecule has 2 nitrogen and oxygen atoms in total. The second-order valence-electron chi connectivity index (χ2n) is 7.19. The van der Waals surface area contributed by atoms with E-state index in [1.165, 1.54) is 43.6 Å². The van der Waals surface area contributed by atoms with Gasteiger partial charge >= 0.3 is 0 Å². The average molecular weight is 351 g/mol. The van der Waals surface area contributed by atoms with Crippen LogP contribution in [0.2, 0.25) is 0 Å². The maximum absolute atomic E-state index is 3.38. The van der Waals surface area contributed by atoms with Gasteiger partial charge in [0, 0.05) is 29.1 Å². The molecule has 27 heavy (non-hydrogen) atoms. The molecule has 0 aliphatic carbocycles. The van der Waals surface area contributed by atoms with Crippen molar-refractivity contribution in [1.29, 1.82) is 0 Å². The van der Waals surface area contributed by atoms with Crippen LogP contribution in [0.3, 0.4) is 0 Å². The van der Waals surface area contributed by atoms with E-state index in [1.54, 1.807) is 0 Å². The number of aromatic amines is 1. The number of aromatic nitrogens is 1. The van der Waals surface area contributed by atoms with Crippen LogP contribution in [0, 0.1) is 0 Å². The fourth-order valence-electron chi connectivity index (χ4n) is 4.17. The second kappa shape index (κ2) is 6.90. The van der Waals surface area contributed by atoms with Gasteiger partial charge < -0.3 is 10.3 Å². The van der Waals surface area contributed by atoms with Gasteiger partial charge in [-0.1, -0.05) is 66.7 Å². The van der Waals surface area contributed by atoms with Crippen molar-refractivity contribution < 1.29 is 5.32 Å². The molecule has 0 unspecified atom stereocenters. The average Bonchev–Trinajstić information content (AvgIpc) is 3.13. The third-order valence-electron chi connectivity index (χ3n) is 5.52. The van der Waals surface area contributed by atoms with Crippen molar-refractivity contribution in [3.05, 3.63) is 96.2 Å². The molecule has 0 amide bonds. The number of rotatable bonds is 5. The van der Waals surface area contributed by atoms with Gasteiger partial charge in [0.15, 0.2) is 0 Å². The summed E-state index contributed by atoms with van der Waals surface area (Å²) in [5.74, 6) is 0. The number of hydrogen-bond acceptors (Lipinski definition) is 0. The molecule has 0 spiro atoms. The summed E-state index contributed by atoms with van der Waals surface area (Å²) in [4.78, 5) is 3.38. The maximum Gasteiger partial charge on any atom is 0.102 e. The highest BCUT2D eigenvalue weighted by Gasteiger charge is 2.09. The third-order valence-corrected chi connectivity index (χ3v) is 5.52. The van der Waals surface area contributed by atoms with Crippen LogP contribution < -0.4 is 5.32 Å². The van der Waals surface area contributed by atoms with Gasteiger partial charge in [0.25, 0.3) is 0 Å². The number of fused-ring (bicyclic) bond motifs is 3. The molecule has 3 N–H and O–H groups in total. The standard InChI is InChI=1S/C25H22N2/c1-3-9-21-18(7-1)15-19-8-2-4-10-22(19)24(21)17-26-14-13-20-16-27-25-12-6-5-11-23(20)25/h1-12,15-16,26-27H,13-14,17H2/p+1. The van der Waals surface area contributed by atoms with Gasteiger partial charge in [-0.2, -0.15) is 0 Å². The normalized spacial score (nSPS) is 11.6. The first-order chi connectivity index (χ1) is 13.4. The summed E-state index contributed by atoms with van der Waals surface area (Å²) < 4.78 is 0. The second-order valence-corrected chi connectivity index (χ2v) is 7.19. The van der Waals surface area contributed by atoms with Crippen molar-refractivity contribution in [2.45, 2.75) is 13.0 Å². The maximum atomic E-state index is 3.38. The minimum absolute atomic E-state index is 1.00. The van der Waals surface area contributed by atoms with Crippen molar-refractivity contribution in [2.24, 2.45) is 0 Å². The molecule has 0 radical (unpaired) electrons. The van der Waals surface area contributed by atoms with Gasteiger partial charge in [-0.05, 0) is 39.2 Å². The lowest BCUT2D eigenvalue weighted by atomic mass is 9.97. The molecule has 1 heterocycles. The molecule has 0 saturated heterocycles. The lowest BCUT2D eigenvalue weighted by Gasteiger charge is -2.11. The van der Waals surface area contributed by atoms with Crippen LogP contribution in [0.5, 0.6) is 0 Å². The molecule has 0 saturated carbocycles. The van der Waals surface area contributed by atoms with Gasteiger partial charge in [0.05, 0.1) is 6.54 Å². The lowest BCUT2D eigenvalue weighted by Crippen LogP contribution is -2.83. The molecule has 4 aromatic carbocycles. The SMILES string of the molecule is c1ccc2c(C[NH2+]CCc3c[nH]c4ccccc34)c3ccccc3cc2c1. The first-order valence-electron chi connectivity index (χ1n) is 9.66. The minimum Gasteiger partial charge on any atom is -0.361 e. The summed E-state index contributed by atoms with van der Waals surface area (Å²) in [5.41, 5.74) is 4.08. The summed E-state index contributed by atoms with van der Waals surface area (Å²) >= 11 is 0. The zero-order chi connectivity index (χ0) is 18.1. The van der Waals surface area contributed by atoms with Crippen LogP contribution in [0.15, 0.2) is 85.1 Å². The zero-order valence-corrected chi connectivity index (χ0v) is 15.3. The summed E-state index contributed by atoms with van der Waals surface area (Å²) in [5, 5.41) is 9.20. The minimum atomic E-state index is 1.00. The Morgan fingerprint density at radius 1 is 0.704 bits per heavy atom. The van der Waals surface area contributed by atoms with E-state index in [0.717, 1.165) is 19.5 Å². The summed E-state index contributed by atoms with van der Waals surface area (Å²) in [6, 6.07) is 28.3. The summed E-state index contributed by atoms with van der Waals surface area (Å²) in [6.07, 6.45) is 3.23. The molecule has 0 atom stereocenters. The quantitative estimate of drug-likeness (QED) is 0.337. The molecule has 5 rings (SSSR count). The number of hydrogen-bond donors (Lipinski definition) is 2. The van der Waals surface area contributed by atoms with Gasteiger partial charge in [-0.25, -0.2) is 0 Å². The fraction of sp³-hybridized carbons (Fsp3) is 0.120. The number of benzene rings is 4. The Morgan fingerprint density at radius 2 is 1.33 bits per heavy atom. The van der Waals surface area contributed by atoms with Crippen LogP contribution >= 0.6 is 0 Å². The molecule has 1 aromatic heterocycles. The molecule has 132 valence electrons. The number of para-hydroxylation sites is 1. The third kappa shape index (κ3) is 2.98.